The first-order valence-corrected chi connectivity index (χ1v) is 6.93. The average molecular weight is 262 g/mol. The minimum Gasteiger partial charge on any atom is -0.497 e. The highest BCUT2D eigenvalue weighted by molar-refractivity contribution is 5.89. The smallest absolute Gasteiger partial charge is 0.338 e. The first kappa shape index (κ1) is 13.9. The van der Waals surface area contributed by atoms with Gasteiger partial charge in [-0.3, -0.25) is 0 Å². The molecule has 0 radical (unpaired) electrons. The third-order valence-corrected chi connectivity index (χ3v) is 3.71. The van der Waals surface area contributed by atoms with Gasteiger partial charge in [-0.2, -0.15) is 0 Å². The van der Waals surface area contributed by atoms with Crippen molar-refractivity contribution in [1.29, 1.82) is 0 Å². The van der Waals surface area contributed by atoms with Gasteiger partial charge in [-0.05, 0) is 49.3 Å². The molecule has 0 amide bonds. The summed E-state index contributed by atoms with van der Waals surface area (Å²) >= 11 is 0. The van der Waals surface area contributed by atoms with E-state index in [0.717, 1.165) is 12.8 Å². The fourth-order valence-corrected chi connectivity index (χ4v) is 2.94. The van der Waals surface area contributed by atoms with E-state index in [0.29, 0.717) is 23.1 Å². The molecule has 0 aliphatic heterocycles. The quantitative estimate of drug-likeness (QED) is 0.779. The van der Waals surface area contributed by atoms with E-state index < -0.39 is 0 Å². The second-order valence-electron chi connectivity index (χ2n) is 5.68. The molecule has 0 bridgehead atoms. The van der Waals surface area contributed by atoms with E-state index in [9.17, 15) is 4.79 Å². The maximum Gasteiger partial charge on any atom is 0.338 e. The molecule has 0 saturated heterocycles. The van der Waals surface area contributed by atoms with Crippen molar-refractivity contribution in [2.45, 2.75) is 39.2 Å². The van der Waals surface area contributed by atoms with Gasteiger partial charge < -0.3 is 9.47 Å². The van der Waals surface area contributed by atoms with E-state index in [1.54, 1.807) is 19.2 Å². The summed E-state index contributed by atoms with van der Waals surface area (Å²) in [6.45, 7) is 4.45. The number of ether oxygens (including phenoxy) is 2. The van der Waals surface area contributed by atoms with E-state index in [1.807, 2.05) is 12.1 Å². The summed E-state index contributed by atoms with van der Waals surface area (Å²) < 4.78 is 10.7. The van der Waals surface area contributed by atoms with E-state index in [4.69, 9.17) is 9.47 Å². The topological polar surface area (TPSA) is 35.5 Å². The molecule has 1 aliphatic carbocycles. The summed E-state index contributed by atoms with van der Waals surface area (Å²) in [7, 11) is 1.59. The van der Waals surface area contributed by atoms with Crippen molar-refractivity contribution in [3.63, 3.8) is 0 Å². The lowest BCUT2D eigenvalue weighted by molar-refractivity contribution is 0.00803. The van der Waals surface area contributed by atoms with Gasteiger partial charge in [-0.1, -0.05) is 19.9 Å². The fraction of sp³-hybridized carbons (Fsp3) is 0.562. The van der Waals surface area contributed by atoms with Gasteiger partial charge in [0.25, 0.3) is 0 Å². The summed E-state index contributed by atoms with van der Waals surface area (Å²) in [5.41, 5.74) is 0.560. The van der Waals surface area contributed by atoms with Crippen molar-refractivity contribution in [1.82, 2.24) is 0 Å². The van der Waals surface area contributed by atoms with Crippen LogP contribution in [0, 0.1) is 11.8 Å². The zero-order chi connectivity index (χ0) is 13.8. The van der Waals surface area contributed by atoms with Crippen LogP contribution in [-0.4, -0.2) is 19.2 Å². The lowest BCUT2D eigenvalue weighted by Crippen LogP contribution is -2.28. The van der Waals surface area contributed by atoms with Crippen LogP contribution < -0.4 is 4.74 Å². The van der Waals surface area contributed by atoms with Gasteiger partial charge >= 0.3 is 5.97 Å². The fourth-order valence-electron chi connectivity index (χ4n) is 2.94. The maximum atomic E-state index is 12.1. The summed E-state index contributed by atoms with van der Waals surface area (Å²) in [5, 5.41) is 0. The Kier molecular flexibility index (Phi) is 4.46. The predicted octanol–water partition coefficient (Wildman–Crippen LogP) is 3.68. The Balaban J connectivity index is 2.00. The number of carbonyl (C=O) groups is 1. The van der Waals surface area contributed by atoms with Crippen LogP contribution in [0.4, 0.5) is 0 Å². The third-order valence-electron chi connectivity index (χ3n) is 3.71. The number of rotatable bonds is 3. The average Bonchev–Trinajstić information content (AvgIpc) is 2.37. The van der Waals surface area contributed by atoms with E-state index >= 15 is 0 Å². The van der Waals surface area contributed by atoms with Crippen LogP contribution in [0.5, 0.6) is 5.75 Å². The molecular formula is C16H22O3. The third kappa shape index (κ3) is 3.72. The Bertz CT molecular complexity index is 431. The Morgan fingerprint density at radius 1 is 1.16 bits per heavy atom. The number of hydrogen-bond acceptors (Lipinski definition) is 3. The van der Waals surface area contributed by atoms with Crippen LogP contribution in [0.1, 0.15) is 43.5 Å². The zero-order valence-electron chi connectivity index (χ0n) is 11.9. The molecule has 0 N–H and O–H groups in total. The van der Waals surface area contributed by atoms with Gasteiger partial charge in [0.2, 0.25) is 0 Å². The molecule has 1 aliphatic rings. The maximum absolute atomic E-state index is 12.1. The normalized spacial score (nSPS) is 26.8. The Hall–Kier alpha value is -1.51. The molecule has 0 heterocycles. The van der Waals surface area contributed by atoms with Gasteiger partial charge in [0.05, 0.1) is 12.7 Å². The molecular weight excluding hydrogens is 240 g/mol. The molecule has 0 spiro atoms. The highest BCUT2D eigenvalue weighted by Crippen LogP contribution is 2.30. The van der Waals surface area contributed by atoms with Gasteiger partial charge in [0.1, 0.15) is 11.9 Å². The van der Waals surface area contributed by atoms with Gasteiger partial charge in [0.15, 0.2) is 0 Å². The monoisotopic (exact) mass is 262 g/mol. The molecule has 0 aromatic heterocycles. The van der Waals surface area contributed by atoms with Crippen LogP contribution in [0.2, 0.25) is 0 Å². The second kappa shape index (κ2) is 6.09. The first-order valence-electron chi connectivity index (χ1n) is 6.93. The molecule has 1 unspecified atom stereocenters. The lowest BCUT2D eigenvalue weighted by atomic mass is 9.82. The Morgan fingerprint density at radius 3 is 2.47 bits per heavy atom. The van der Waals surface area contributed by atoms with Crippen molar-refractivity contribution in [2.75, 3.05) is 7.11 Å². The molecule has 2 rings (SSSR count). The van der Waals surface area contributed by atoms with Crippen LogP contribution in [0.15, 0.2) is 24.3 Å². The minimum absolute atomic E-state index is 0.0532. The molecule has 3 atom stereocenters. The predicted molar refractivity (Wildman–Crippen MR) is 74.4 cm³/mol. The molecule has 1 aromatic rings. The Labute approximate surface area is 114 Å². The lowest BCUT2D eigenvalue weighted by Gasteiger charge is -2.31. The summed E-state index contributed by atoms with van der Waals surface area (Å²) in [4.78, 5) is 12.1. The van der Waals surface area contributed by atoms with Crippen LogP contribution in [0.3, 0.4) is 0 Å². The van der Waals surface area contributed by atoms with E-state index in [-0.39, 0.29) is 12.1 Å². The van der Waals surface area contributed by atoms with Gasteiger partial charge in [0, 0.05) is 0 Å². The Morgan fingerprint density at radius 2 is 1.84 bits per heavy atom. The van der Waals surface area contributed by atoms with E-state index in [1.165, 1.54) is 6.42 Å². The number of esters is 1. The summed E-state index contributed by atoms with van der Waals surface area (Å²) in [5.74, 6) is 1.70. The molecule has 1 saturated carbocycles. The minimum atomic E-state index is -0.245. The number of carbonyl (C=O) groups excluding carboxylic acids is 1. The largest absolute Gasteiger partial charge is 0.497 e. The van der Waals surface area contributed by atoms with Crippen molar-refractivity contribution < 1.29 is 14.3 Å². The zero-order valence-corrected chi connectivity index (χ0v) is 11.9. The molecule has 3 nitrogen and oxygen atoms in total. The highest BCUT2D eigenvalue weighted by atomic mass is 16.5. The number of hydrogen-bond donors (Lipinski definition) is 0. The van der Waals surface area contributed by atoms with E-state index in [2.05, 4.69) is 13.8 Å². The highest BCUT2D eigenvalue weighted by Gasteiger charge is 2.27. The van der Waals surface area contributed by atoms with Crippen LogP contribution in [0.25, 0.3) is 0 Å². The molecule has 1 fully saturated rings. The van der Waals surface area contributed by atoms with Crippen LogP contribution in [-0.2, 0) is 4.74 Å². The molecule has 3 heteroatoms. The molecule has 19 heavy (non-hydrogen) atoms. The molecule has 104 valence electrons. The summed E-state index contributed by atoms with van der Waals surface area (Å²) in [6, 6.07) is 7.11. The number of benzene rings is 1. The van der Waals surface area contributed by atoms with Gasteiger partial charge in [-0.25, -0.2) is 4.79 Å². The standard InChI is InChI=1S/C16H22O3/c1-11-7-12(2)9-15(8-11)19-16(17)13-5-4-6-14(10-13)18-3/h4-6,10-12,15H,7-9H2,1-3H3/t11-,12+,15?. The van der Waals surface area contributed by atoms with Crippen molar-refractivity contribution >= 4 is 5.97 Å². The molecule has 1 aromatic carbocycles. The SMILES string of the molecule is COc1cccc(C(=O)OC2C[C@@H](C)C[C@@H](C)C2)c1. The number of methoxy groups -OCH3 is 1. The van der Waals surface area contributed by atoms with Crippen molar-refractivity contribution in [3.8, 4) is 5.75 Å². The van der Waals surface area contributed by atoms with Crippen LogP contribution >= 0.6 is 0 Å². The van der Waals surface area contributed by atoms with Crippen molar-refractivity contribution in [3.05, 3.63) is 29.8 Å². The first-order chi connectivity index (χ1) is 9.08. The van der Waals surface area contributed by atoms with Crippen molar-refractivity contribution in [2.24, 2.45) is 11.8 Å². The summed E-state index contributed by atoms with van der Waals surface area (Å²) in [6.07, 6.45) is 3.23. The van der Waals surface area contributed by atoms with Gasteiger partial charge in [-0.15, -0.1) is 0 Å². The second-order valence-corrected chi connectivity index (χ2v) is 5.68.